The quantitative estimate of drug-likeness (QED) is 0.898. The van der Waals surface area contributed by atoms with E-state index >= 15 is 0 Å². The van der Waals surface area contributed by atoms with E-state index in [-0.39, 0.29) is 17.9 Å². The first-order valence-electron chi connectivity index (χ1n) is 7.71. The molecule has 2 fully saturated rings. The topological polar surface area (TPSA) is 41.6 Å². The van der Waals surface area contributed by atoms with Gasteiger partial charge in [0.25, 0.3) is 0 Å². The largest absolute Gasteiger partial charge is 0.370 e. The van der Waals surface area contributed by atoms with Crippen molar-refractivity contribution in [1.82, 2.24) is 10.2 Å². The number of carbonyl (C=O) groups excluding carboxylic acids is 1. The van der Waals surface area contributed by atoms with Crippen LogP contribution in [0.3, 0.4) is 0 Å². The molecular formula is C16H20Cl2N2O2. The molecular weight excluding hydrogens is 323 g/mol. The van der Waals surface area contributed by atoms with Crippen LogP contribution in [0.4, 0.5) is 0 Å². The van der Waals surface area contributed by atoms with Crippen LogP contribution in [0.1, 0.15) is 24.5 Å². The predicted molar refractivity (Wildman–Crippen MR) is 87.3 cm³/mol. The Balaban J connectivity index is 1.68. The smallest absolute Gasteiger partial charge is 0.225 e. The molecule has 0 aliphatic carbocycles. The van der Waals surface area contributed by atoms with E-state index in [9.17, 15) is 4.79 Å². The fourth-order valence-electron chi connectivity index (χ4n) is 3.09. The van der Waals surface area contributed by atoms with Crippen molar-refractivity contribution in [2.24, 2.45) is 5.92 Å². The van der Waals surface area contributed by atoms with Crippen molar-refractivity contribution in [3.8, 4) is 0 Å². The molecule has 0 radical (unpaired) electrons. The van der Waals surface area contributed by atoms with Crippen molar-refractivity contribution in [2.45, 2.75) is 18.9 Å². The van der Waals surface area contributed by atoms with Gasteiger partial charge in [-0.1, -0.05) is 29.3 Å². The summed E-state index contributed by atoms with van der Waals surface area (Å²) in [5, 5.41) is 4.35. The van der Waals surface area contributed by atoms with E-state index in [4.69, 9.17) is 27.9 Å². The zero-order chi connectivity index (χ0) is 15.5. The van der Waals surface area contributed by atoms with E-state index in [1.54, 1.807) is 6.07 Å². The second-order valence-electron chi connectivity index (χ2n) is 5.84. The number of halogens is 2. The van der Waals surface area contributed by atoms with E-state index in [1.807, 2.05) is 17.0 Å². The lowest BCUT2D eigenvalue weighted by Gasteiger charge is -2.36. The van der Waals surface area contributed by atoms with Crippen molar-refractivity contribution in [3.63, 3.8) is 0 Å². The lowest BCUT2D eigenvalue weighted by atomic mass is 9.96. The molecule has 3 rings (SSSR count). The molecule has 120 valence electrons. The van der Waals surface area contributed by atoms with E-state index in [0.717, 1.165) is 31.5 Å². The molecule has 6 heteroatoms. The molecule has 1 N–H and O–H groups in total. The van der Waals surface area contributed by atoms with Crippen molar-refractivity contribution in [2.75, 3.05) is 32.8 Å². The summed E-state index contributed by atoms with van der Waals surface area (Å²) in [6.07, 6.45) is 1.72. The van der Waals surface area contributed by atoms with Gasteiger partial charge in [-0.2, -0.15) is 0 Å². The van der Waals surface area contributed by atoms with Gasteiger partial charge in [0.05, 0.1) is 23.2 Å². The van der Waals surface area contributed by atoms with Crippen LogP contribution in [0, 0.1) is 5.92 Å². The first kappa shape index (κ1) is 16.1. The molecule has 4 nitrogen and oxygen atoms in total. The van der Waals surface area contributed by atoms with Gasteiger partial charge in [-0.3, -0.25) is 4.79 Å². The number of nitrogens with one attached hydrogen (secondary N) is 1. The summed E-state index contributed by atoms with van der Waals surface area (Å²) < 4.78 is 5.82. The highest BCUT2D eigenvalue weighted by atomic mass is 35.5. The van der Waals surface area contributed by atoms with Crippen LogP contribution in [0.2, 0.25) is 10.0 Å². The molecule has 0 spiro atoms. The Bertz CT molecular complexity index is 547. The molecule has 2 heterocycles. The van der Waals surface area contributed by atoms with Gasteiger partial charge >= 0.3 is 0 Å². The fraction of sp³-hybridized carbons (Fsp3) is 0.562. The number of hydrogen-bond donors (Lipinski definition) is 1. The van der Waals surface area contributed by atoms with E-state index in [1.165, 1.54) is 0 Å². The molecule has 0 bridgehead atoms. The minimum atomic E-state index is -0.130. The fourth-order valence-corrected chi connectivity index (χ4v) is 3.40. The van der Waals surface area contributed by atoms with E-state index < -0.39 is 0 Å². The average molecular weight is 343 g/mol. The Morgan fingerprint density at radius 1 is 1.23 bits per heavy atom. The molecule has 1 aromatic carbocycles. The van der Waals surface area contributed by atoms with Crippen LogP contribution in [0.15, 0.2) is 18.2 Å². The Morgan fingerprint density at radius 3 is 2.73 bits per heavy atom. The average Bonchev–Trinajstić information content (AvgIpc) is 2.57. The first-order valence-corrected chi connectivity index (χ1v) is 8.47. The van der Waals surface area contributed by atoms with Gasteiger partial charge in [-0.05, 0) is 43.6 Å². The highest BCUT2D eigenvalue weighted by molar-refractivity contribution is 6.42. The number of morpholine rings is 1. The van der Waals surface area contributed by atoms with Crippen molar-refractivity contribution in [3.05, 3.63) is 33.8 Å². The van der Waals surface area contributed by atoms with Gasteiger partial charge < -0.3 is 15.0 Å². The lowest BCUT2D eigenvalue weighted by molar-refractivity contribution is -0.144. The van der Waals surface area contributed by atoms with Crippen LogP contribution in [-0.4, -0.2) is 43.6 Å². The number of ether oxygens (including phenoxy) is 1. The van der Waals surface area contributed by atoms with Gasteiger partial charge in [-0.15, -0.1) is 0 Å². The number of benzene rings is 1. The zero-order valence-corrected chi connectivity index (χ0v) is 13.9. The van der Waals surface area contributed by atoms with E-state index in [2.05, 4.69) is 5.32 Å². The maximum absolute atomic E-state index is 12.6. The van der Waals surface area contributed by atoms with Gasteiger partial charge in [0.2, 0.25) is 5.91 Å². The van der Waals surface area contributed by atoms with Crippen LogP contribution in [0.5, 0.6) is 0 Å². The lowest BCUT2D eigenvalue weighted by Crippen LogP contribution is -2.47. The van der Waals surface area contributed by atoms with Crippen molar-refractivity contribution >= 4 is 29.1 Å². The Morgan fingerprint density at radius 2 is 2.00 bits per heavy atom. The molecule has 1 atom stereocenters. The Labute approximate surface area is 140 Å². The maximum atomic E-state index is 12.6. The van der Waals surface area contributed by atoms with Crippen LogP contribution in [-0.2, 0) is 9.53 Å². The molecule has 0 saturated carbocycles. The maximum Gasteiger partial charge on any atom is 0.225 e. The number of piperidine rings is 1. The third kappa shape index (κ3) is 3.57. The normalized spacial score (nSPS) is 23.5. The zero-order valence-electron chi connectivity index (χ0n) is 12.4. The second-order valence-corrected chi connectivity index (χ2v) is 6.66. The molecule has 22 heavy (non-hydrogen) atoms. The summed E-state index contributed by atoms with van der Waals surface area (Å²) in [5.41, 5.74) is 0.970. The molecule has 0 aromatic heterocycles. The van der Waals surface area contributed by atoms with E-state index in [0.29, 0.717) is 29.7 Å². The van der Waals surface area contributed by atoms with Crippen LogP contribution >= 0.6 is 23.2 Å². The third-order valence-corrected chi connectivity index (χ3v) is 5.12. The third-order valence-electron chi connectivity index (χ3n) is 4.38. The summed E-state index contributed by atoms with van der Waals surface area (Å²) in [7, 11) is 0. The summed E-state index contributed by atoms with van der Waals surface area (Å²) >= 11 is 12.0. The molecule has 1 aromatic rings. The van der Waals surface area contributed by atoms with Crippen LogP contribution in [0.25, 0.3) is 0 Å². The molecule has 2 saturated heterocycles. The first-order chi connectivity index (χ1) is 10.6. The number of rotatable bonds is 2. The number of hydrogen-bond acceptors (Lipinski definition) is 3. The Hall–Kier alpha value is -0.810. The molecule has 2 aliphatic heterocycles. The van der Waals surface area contributed by atoms with Gasteiger partial charge in [0.15, 0.2) is 0 Å². The number of carbonyl (C=O) groups is 1. The van der Waals surface area contributed by atoms with Gasteiger partial charge in [0.1, 0.15) is 6.10 Å². The summed E-state index contributed by atoms with van der Waals surface area (Å²) in [6.45, 7) is 3.66. The second kappa shape index (κ2) is 7.18. The summed E-state index contributed by atoms with van der Waals surface area (Å²) in [5.74, 6) is 0.406. The molecule has 1 amide bonds. The monoisotopic (exact) mass is 342 g/mol. The van der Waals surface area contributed by atoms with Gasteiger partial charge in [-0.25, -0.2) is 0 Å². The summed E-state index contributed by atoms with van der Waals surface area (Å²) in [4.78, 5) is 14.6. The number of amides is 1. The highest BCUT2D eigenvalue weighted by Gasteiger charge is 2.30. The highest BCUT2D eigenvalue weighted by Crippen LogP contribution is 2.29. The predicted octanol–water partition coefficient (Wildman–Crippen LogP) is 2.89. The van der Waals surface area contributed by atoms with Crippen molar-refractivity contribution < 1.29 is 9.53 Å². The minimum absolute atomic E-state index is 0.130. The molecule has 1 unspecified atom stereocenters. The number of nitrogens with zero attached hydrogens (tertiary/aromatic N) is 1. The minimum Gasteiger partial charge on any atom is -0.370 e. The van der Waals surface area contributed by atoms with Crippen LogP contribution < -0.4 is 5.32 Å². The standard InChI is InChI=1S/C16H20Cl2N2O2/c17-13-2-1-12(9-14(13)18)15-10-20(7-8-22-15)16(21)11-3-5-19-6-4-11/h1-2,9,11,15,19H,3-8,10H2. The SMILES string of the molecule is O=C(C1CCNCC1)N1CCOC(c2ccc(Cl)c(Cl)c2)C1. The van der Waals surface area contributed by atoms with Crippen molar-refractivity contribution in [1.29, 1.82) is 0 Å². The van der Waals surface area contributed by atoms with Gasteiger partial charge in [0, 0.05) is 12.5 Å². The molecule has 2 aliphatic rings. The summed E-state index contributed by atoms with van der Waals surface area (Å²) in [6, 6.07) is 5.51. The Kier molecular flexibility index (Phi) is 5.24.